The topological polar surface area (TPSA) is 38.9 Å². The largest absolute Gasteiger partial charge is 0.375 e. The Kier molecular flexibility index (Phi) is 4.84. The van der Waals surface area contributed by atoms with E-state index in [2.05, 4.69) is 4.98 Å². The number of thiazole rings is 1. The fraction of sp³-hybridized carbons (Fsp3) is 0. The third-order valence-corrected chi connectivity index (χ3v) is 1.71. The van der Waals surface area contributed by atoms with Crippen molar-refractivity contribution in [1.82, 2.24) is 4.98 Å². The van der Waals surface area contributed by atoms with E-state index in [9.17, 15) is 0 Å². The first-order valence-corrected chi connectivity index (χ1v) is 4.06. The summed E-state index contributed by atoms with van der Waals surface area (Å²) in [5.74, 6) is 0. The fourth-order valence-corrected chi connectivity index (χ4v) is 1.22. The van der Waals surface area contributed by atoms with Crippen molar-refractivity contribution >= 4 is 58.2 Å². The van der Waals surface area contributed by atoms with Gasteiger partial charge in [0.2, 0.25) is 0 Å². The minimum Gasteiger partial charge on any atom is -0.375 e. The summed E-state index contributed by atoms with van der Waals surface area (Å²) in [6.07, 6.45) is 1.54. The molecule has 0 radical (unpaired) electrons. The summed E-state index contributed by atoms with van der Waals surface area (Å²) < 4.78 is 0.185. The average molecular weight is 232 g/mol. The molecule has 1 aromatic rings. The number of rotatable bonds is 1. The van der Waals surface area contributed by atoms with Crippen LogP contribution in [-0.2, 0) is 0 Å². The quantitative estimate of drug-likeness (QED) is 0.807. The molecule has 0 spiro atoms. The van der Waals surface area contributed by atoms with E-state index in [1.165, 1.54) is 17.4 Å². The zero-order valence-corrected chi connectivity index (χ0v) is 8.40. The molecule has 6 heteroatoms. The first-order valence-electron chi connectivity index (χ1n) is 2.42. The van der Waals surface area contributed by atoms with Crippen LogP contribution < -0.4 is 5.73 Å². The molecule has 11 heavy (non-hydrogen) atoms. The van der Waals surface area contributed by atoms with Gasteiger partial charge in [-0.1, -0.05) is 23.2 Å². The summed E-state index contributed by atoms with van der Waals surface area (Å²) in [6.45, 7) is 0. The van der Waals surface area contributed by atoms with Crippen molar-refractivity contribution in [1.29, 1.82) is 0 Å². The van der Waals surface area contributed by atoms with Crippen LogP contribution in [0.5, 0.6) is 0 Å². The summed E-state index contributed by atoms with van der Waals surface area (Å²) in [5, 5.41) is 2.29. The van der Waals surface area contributed by atoms with E-state index in [4.69, 9.17) is 28.9 Å². The van der Waals surface area contributed by atoms with Gasteiger partial charge in [-0.15, -0.1) is 23.7 Å². The van der Waals surface area contributed by atoms with Gasteiger partial charge in [0.05, 0.1) is 5.69 Å². The molecule has 2 N–H and O–H groups in total. The van der Waals surface area contributed by atoms with E-state index < -0.39 is 0 Å². The zero-order valence-electron chi connectivity index (χ0n) is 5.25. The molecule has 1 heterocycles. The minimum atomic E-state index is 0. The molecule has 0 fully saturated rings. The maximum absolute atomic E-state index is 5.37. The monoisotopic (exact) mass is 230 g/mol. The molecule has 0 bridgehead atoms. The fourth-order valence-electron chi connectivity index (χ4n) is 0.479. The maximum Gasteiger partial charge on any atom is 0.180 e. The first-order chi connectivity index (χ1) is 4.68. The SMILES string of the molecule is Cl.Nc1nc(C=C(Cl)Cl)cs1. The van der Waals surface area contributed by atoms with Gasteiger partial charge in [-0.05, 0) is 6.08 Å². The van der Waals surface area contributed by atoms with Crippen molar-refractivity contribution in [3.63, 3.8) is 0 Å². The second-order valence-corrected chi connectivity index (χ2v) is 3.44. The van der Waals surface area contributed by atoms with Crippen molar-refractivity contribution < 1.29 is 0 Å². The predicted molar refractivity (Wildman–Crippen MR) is 53.5 cm³/mol. The minimum absolute atomic E-state index is 0. The summed E-state index contributed by atoms with van der Waals surface area (Å²) >= 11 is 12.1. The van der Waals surface area contributed by atoms with Gasteiger partial charge < -0.3 is 5.73 Å². The van der Waals surface area contributed by atoms with E-state index >= 15 is 0 Å². The van der Waals surface area contributed by atoms with Gasteiger partial charge in [-0.3, -0.25) is 0 Å². The number of anilines is 1. The highest BCUT2D eigenvalue weighted by Gasteiger charge is 1.94. The number of halogens is 3. The van der Waals surface area contributed by atoms with Crippen LogP contribution in [0.3, 0.4) is 0 Å². The van der Waals surface area contributed by atoms with Gasteiger partial charge in [0.1, 0.15) is 4.49 Å². The van der Waals surface area contributed by atoms with Crippen LogP contribution in [0, 0.1) is 0 Å². The van der Waals surface area contributed by atoms with Crippen LogP contribution in [0.1, 0.15) is 5.69 Å². The standard InChI is InChI=1S/C5H4Cl2N2S.ClH/c6-4(7)1-3-2-10-5(8)9-3;/h1-2H,(H2,8,9);1H. The number of nitrogens with zero attached hydrogens (tertiary/aromatic N) is 1. The normalized spacial score (nSPS) is 8.55. The lowest BCUT2D eigenvalue weighted by atomic mass is 10.5. The zero-order chi connectivity index (χ0) is 7.56. The summed E-state index contributed by atoms with van der Waals surface area (Å²) in [5.41, 5.74) is 6.04. The Morgan fingerprint density at radius 2 is 2.27 bits per heavy atom. The predicted octanol–water partition coefficient (Wildman–Crippen LogP) is 2.92. The van der Waals surface area contributed by atoms with Gasteiger partial charge in [0.25, 0.3) is 0 Å². The lowest BCUT2D eigenvalue weighted by molar-refractivity contribution is 1.39. The molecule has 0 saturated carbocycles. The van der Waals surface area contributed by atoms with Crippen molar-refractivity contribution in [3.8, 4) is 0 Å². The van der Waals surface area contributed by atoms with E-state index in [0.29, 0.717) is 10.8 Å². The smallest absolute Gasteiger partial charge is 0.180 e. The van der Waals surface area contributed by atoms with Gasteiger partial charge >= 0.3 is 0 Å². The van der Waals surface area contributed by atoms with E-state index in [-0.39, 0.29) is 16.9 Å². The Bertz CT molecular complexity index is 254. The van der Waals surface area contributed by atoms with Crippen LogP contribution in [0.2, 0.25) is 0 Å². The molecule has 0 atom stereocenters. The summed E-state index contributed by atoms with van der Waals surface area (Å²) in [4.78, 5) is 3.90. The van der Waals surface area contributed by atoms with Crippen molar-refractivity contribution in [2.75, 3.05) is 5.73 Å². The lowest BCUT2D eigenvalue weighted by Gasteiger charge is -1.80. The second kappa shape index (κ2) is 4.83. The van der Waals surface area contributed by atoms with Crippen LogP contribution >= 0.6 is 46.9 Å². The number of nitrogen functional groups attached to an aromatic ring is 1. The molecule has 0 unspecified atom stereocenters. The Morgan fingerprint density at radius 1 is 1.64 bits per heavy atom. The van der Waals surface area contributed by atoms with E-state index in [0.717, 1.165) is 0 Å². The maximum atomic E-state index is 5.37. The molecular weight excluding hydrogens is 226 g/mol. The molecule has 0 aliphatic heterocycles. The van der Waals surface area contributed by atoms with Gasteiger partial charge in [0, 0.05) is 5.38 Å². The average Bonchev–Trinajstić information content (AvgIpc) is 2.13. The molecule has 0 aliphatic carbocycles. The molecule has 0 saturated heterocycles. The highest BCUT2D eigenvalue weighted by molar-refractivity contribution is 7.13. The van der Waals surface area contributed by atoms with E-state index in [1.807, 2.05) is 0 Å². The van der Waals surface area contributed by atoms with Crippen LogP contribution in [0.25, 0.3) is 6.08 Å². The van der Waals surface area contributed by atoms with Crippen molar-refractivity contribution in [2.45, 2.75) is 0 Å². The molecule has 1 rings (SSSR count). The highest BCUT2D eigenvalue weighted by Crippen LogP contribution is 2.17. The van der Waals surface area contributed by atoms with Gasteiger partial charge in [-0.2, -0.15) is 0 Å². The Morgan fingerprint density at radius 3 is 2.64 bits per heavy atom. The molecule has 1 aromatic heterocycles. The van der Waals surface area contributed by atoms with E-state index in [1.54, 1.807) is 5.38 Å². The number of hydrogen-bond donors (Lipinski definition) is 1. The summed E-state index contributed by atoms with van der Waals surface area (Å²) in [6, 6.07) is 0. The molecular formula is C5H5Cl3N2S. The Labute approximate surface area is 84.4 Å². The molecule has 2 nitrogen and oxygen atoms in total. The van der Waals surface area contributed by atoms with Gasteiger partial charge in [-0.25, -0.2) is 4.98 Å². The van der Waals surface area contributed by atoms with Gasteiger partial charge in [0.15, 0.2) is 5.13 Å². The third kappa shape index (κ3) is 3.82. The number of hydrogen-bond acceptors (Lipinski definition) is 3. The highest BCUT2D eigenvalue weighted by atomic mass is 35.5. The summed E-state index contributed by atoms with van der Waals surface area (Å²) in [7, 11) is 0. The van der Waals surface area contributed by atoms with Crippen molar-refractivity contribution in [3.05, 3.63) is 15.6 Å². The first kappa shape index (κ1) is 11.0. The molecule has 0 aromatic carbocycles. The van der Waals surface area contributed by atoms with Crippen LogP contribution in [0.4, 0.5) is 5.13 Å². The Hall–Kier alpha value is 0.0400. The van der Waals surface area contributed by atoms with Crippen molar-refractivity contribution in [2.24, 2.45) is 0 Å². The van der Waals surface area contributed by atoms with Crippen LogP contribution in [0.15, 0.2) is 9.87 Å². The lowest BCUT2D eigenvalue weighted by Crippen LogP contribution is -1.80. The Balaban J connectivity index is 0.000001000. The second-order valence-electron chi connectivity index (χ2n) is 1.54. The number of nitrogens with two attached hydrogens (primary N) is 1. The molecule has 0 amide bonds. The van der Waals surface area contributed by atoms with Crippen LogP contribution in [-0.4, -0.2) is 4.98 Å². The third-order valence-electron chi connectivity index (χ3n) is 0.797. The molecule has 0 aliphatic rings. The molecule has 62 valence electrons. The number of aromatic nitrogens is 1.